The zero-order valence-electron chi connectivity index (χ0n) is 12.3. The Morgan fingerprint density at radius 1 is 1.20 bits per heavy atom. The smallest absolute Gasteiger partial charge is 0.161 e. The summed E-state index contributed by atoms with van der Waals surface area (Å²) in [7, 11) is 1.70. The molecule has 0 spiro atoms. The molecule has 3 heteroatoms. The second-order valence-electron chi connectivity index (χ2n) is 6.27. The van der Waals surface area contributed by atoms with E-state index in [4.69, 9.17) is 15.2 Å². The molecule has 110 valence electrons. The molecule has 0 radical (unpaired) electrons. The summed E-state index contributed by atoms with van der Waals surface area (Å²) >= 11 is 0. The topological polar surface area (TPSA) is 44.5 Å². The molecule has 2 aliphatic rings. The number of fused-ring (bicyclic) bond motifs is 2. The molecular weight excluding hydrogens is 250 g/mol. The fourth-order valence-corrected chi connectivity index (χ4v) is 3.93. The lowest BCUT2D eigenvalue weighted by atomic mass is 9.89. The lowest BCUT2D eigenvalue weighted by molar-refractivity contribution is 0.189. The van der Waals surface area contributed by atoms with Crippen LogP contribution < -0.4 is 15.2 Å². The minimum Gasteiger partial charge on any atom is -0.493 e. The molecule has 3 unspecified atom stereocenters. The second-order valence-corrected chi connectivity index (χ2v) is 6.27. The van der Waals surface area contributed by atoms with E-state index in [1.165, 1.54) is 31.2 Å². The third-order valence-electron chi connectivity index (χ3n) is 5.00. The highest BCUT2D eigenvalue weighted by atomic mass is 16.5. The van der Waals surface area contributed by atoms with E-state index >= 15 is 0 Å². The molecule has 0 aliphatic heterocycles. The van der Waals surface area contributed by atoms with Gasteiger partial charge in [0.15, 0.2) is 11.5 Å². The Kier molecular flexibility index (Phi) is 4.16. The summed E-state index contributed by atoms with van der Waals surface area (Å²) in [5.41, 5.74) is 6.80. The van der Waals surface area contributed by atoms with Gasteiger partial charge in [-0.15, -0.1) is 0 Å². The van der Waals surface area contributed by atoms with Gasteiger partial charge in [-0.1, -0.05) is 12.5 Å². The van der Waals surface area contributed by atoms with Gasteiger partial charge in [-0.05, 0) is 67.7 Å². The maximum Gasteiger partial charge on any atom is 0.161 e. The van der Waals surface area contributed by atoms with E-state index in [1.807, 2.05) is 12.1 Å². The van der Waals surface area contributed by atoms with Gasteiger partial charge in [0.25, 0.3) is 0 Å². The standard InChI is InChI=1S/C17H25NO2/c1-19-17-10-12(6-7-18)3-5-16(17)20-11-15-9-13-2-4-14(15)8-13/h3,5,10,13-15H,2,4,6-9,11,18H2,1H3. The fourth-order valence-electron chi connectivity index (χ4n) is 3.93. The molecule has 2 aliphatic carbocycles. The predicted octanol–water partition coefficient (Wildman–Crippen LogP) is 3.01. The molecule has 1 aromatic carbocycles. The van der Waals surface area contributed by atoms with Crippen LogP contribution in [0.1, 0.15) is 31.2 Å². The average molecular weight is 275 g/mol. The van der Waals surface area contributed by atoms with E-state index < -0.39 is 0 Å². The van der Waals surface area contributed by atoms with Crippen LogP contribution in [0.3, 0.4) is 0 Å². The molecule has 0 saturated heterocycles. The van der Waals surface area contributed by atoms with Crippen molar-refractivity contribution in [3.8, 4) is 11.5 Å². The molecule has 3 atom stereocenters. The van der Waals surface area contributed by atoms with Crippen molar-refractivity contribution >= 4 is 0 Å². The predicted molar refractivity (Wildman–Crippen MR) is 80.2 cm³/mol. The largest absolute Gasteiger partial charge is 0.493 e. The van der Waals surface area contributed by atoms with Crippen molar-refractivity contribution in [3.63, 3.8) is 0 Å². The first-order chi connectivity index (χ1) is 9.80. The molecule has 3 nitrogen and oxygen atoms in total. The van der Waals surface area contributed by atoms with E-state index in [-0.39, 0.29) is 0 Å². The summed E-state index contributed by atoms with van der Waals surface area (Å²) in [6.07, 6.45) is 6.52. The van der Waals surface area contributed by atoms with Gasteiger partial charge in [0.2, 0.25) is 0 Å². The van der Waals surface area contributed by atoms with Crippen LogP contribution >= 0.6 is 0 Å². The molecule has 2 saturated carbocycles. The molecule has 2 N–H and O–H groups in total. The first-order valence-corrected chi connectivity index (χ1v) is 7.80. The quantitative estimate of drug-likeness (QED) is 0.868. The van der Waals surface area contributed by atoms with E-state index in [9.17, 15) is 0 Å². The van der Waals surface area contributed by atoms with Crippen LogP contribution in [-0.2, 0) is 6.42 Å². The van der Waals surface area contributed by atoms with Crippen molar-refractivity contribution in [3.05, 3.63) is 23.8 Å². The van der Waals surface area contributed by atoms with Crippen LogP contribution in [0.4, 0.5) is 0 Å². The monoisotopic (exact) mass is 275 g/mol. The lowest BCUT2D eigenvalue weighted by Gasteiger charge is -2.22. The number of rotatable bonds is 6. The van der Waals surface area contributed by atoms with Crippen molar-refractivity contribution < 1.29 is 9.47 Å². The summed E-state index contributed by atoms with van der Waals surface area (Å²) in [6.45, 7) is 1.50. The van der Waals surface area contributed by atoms with Crippen LogP contribution in [0, 0.1) is 17.8 Å². The average Bonchev–Trinajstić information content (AvgIpc) is 3.08. The second kappa shape index (κ2) is 6.04. The highest BCUT2D eigenvalue weighted by Gasteiger charge is 2.39. The molecule has 2 bridgehead atoms. The van der Waals surface area contributed by atoms with Gasteiger partial charge in [0.1, 0.15) is 0 Å². The highest BCUT2D eigenvalue weighted by Crippen LogP contribution is 2.48. The van der Waals surface area contributed by atoms with Crippen molar-refractivity contribution in [1.82, 2.24) is 0 Å². The molecular formula is C17H25NO2. The van der Waals surface area contributed by atoms with E-state index in [2.05, 4.69) is 6.07 Å². The summed E-state index contributed by atoms with van der Waals surface area (Å²) in [4.78, 5) is 0. The SMILES string of the molecule is COc1cc(CCN)ccc1OCC1CC2CCC1C2. The van der Waals surface area contributed by atoms with Gasteiger partial charge in [-0.3, -0.25) is 0 Å². The molecule has 1 aromatic rings. The van der Waals surface area contributed by atoms with Crippen molar-refractivity contribution in [1.29, 1.82) is 0 Å². The highest BCUT2D eigenvalue weighted by molar-refractivity contribution is 5.43. The van der Waals surface area contributed by atoms with Crippen LogP contribution in [0.15, 0.2) is 18.2 Å². The minimum atomic E-state index is 0.661. The molecule has 2 fully saturated rings. The summed E-state index contributed by atoms with van der Waals surface area (Å²) in [5.74, 6) is 4.34. The Labute approximate surface area is 121 Å². The van der Waals surface area contributed by atoms with Crippen molar-refractivity contribution in [2.45, 2.75) is 32.1 Å². The molecule has 0 amide bonds. The van der Waals surface area contributed by atoms with E-state index in [0.717, 1.165) is 42.3 Å². The van der Waals surface area contributed by atoms with Crippen molar-refractivity contribution in [2.75, 3.05) is 20.3 Å². The molecule has 0 heterocycles. The zero-order chi connectivity index (χ0) is 13.9. The Bertz CT molecular complexity index is 460. The number of ether oxygens (including phenoxy) is 2. The van der Waals surface area contributed by atoms with Crippen LogP contribution in [0.25, 0.3) is 0 Å². The van der Waals surface area contributed by atoms with Gasteiger partial charge in [0, 0.05) is 0 Å². The van der Waals surface area contributed by atoms with Crippen LogP contribution in [-0.4, -0.2) is 20.3 Å². The van der Waals surface area contributed by atoms with E-state index in [0.29, 0.717) is 6.54 Å². The summed E-state index contributed by atoms with van der Waals surface area (Å²) < 4.78 is 11.5. The molecule has 3 rings (SSSR count). The Hall–Kier alpha value is -1.22. The van der Waals surface area contributed by atoms with Gasteiger partial charge < -0.3 is 15.2 Å². The first kappa shape index (κ1) is 13.7. The van der Waals surface area contributed by atoms with Crippen LogP contribution in [0.2, 0.25) is 0 Å². The third kappa shape index (κ3) is 2.78. The van der Waals surface area contributed by atoms with Crippen molar-refractivity contribution in [2.24, 2.45) is 23.5 Å². The Morgan fingerprint density at radius 2 is 2.10 bits per heavy atom. The fraction of sp³-hybridized carbons (Fsp3) is 0.647. The maximum absolute atomic E-state index is 6.04. The number of hydrogen-bond donors (Lipinski definition) is 1. The number of methoxy groups -OCH3 is 1. The van der Waals surface area contributed by atoms with Gasteiger partial charge in [-0.25, -0.2) is 0 Å². The normalized spacial score (nSPS) is 27.8. The Morgan fingerprint density at radius 3 is 2.75 bits per heavy atom. The summed E-state index contributed by atoms with van der Waals surface area (Å²) in [5, 5.41) is 0. The van der Waals surface area contributed by atoms with Gasteiger partial charge in [-0.2, -0.15) is 0 Å². The summed E-state index contributed by atoms with van der Waals surface area (Å²) in [6, 6.07) is 6.16. The maximum atomic E-state index is 6.04. The number of nitrogens with two attached hydrogens (primary N) is 1. The number of benzene rings is 1. The molecule has 0 aromatic heterocycles. The van der Waals surface area contributed by atoms with Crippen LogP contribution in [0.5, 0.6) is 11.5 Å². The van der Waals surface area contributed by atoms with Gasteiger partial charge in [0.05, 0.1) is 13.7 Å². The molecule has 20 heavy (non-hydrogen) atoms. The van der Waals surface area contributed by atoms with E-state index in [1.54, 1.807) is 7.11 Å². The zero-order valence-corrected chi connectivity index (χ0v) is 12.3. The Balaban J connectivity index is 1.62. The third-order valence-corrected chi connectivity index (χ3v) is 5.00. The minimum absolute atomic E-state index is 0.661. The number of hydrogen-bond acceptors (Lipinski definition) is 3. The first-order valence-electron chi connectivity index (χ1n) is 7.80. The van der Waals surface area contributed by atoms with Gasteiger partial charge >= 0.3 is 0 Å². The lowest BCUT2D eigenvalue weighted by Crippen LogP contribution is -2.18.